The number of carbonyl (C=O) groups excluding carboxylic acids is 1. The van der Waals surface area contributed by atoms with Crippen molar-refractivity contribution in [3.8, 4) is 0 Å². The molecule has 1 heteroatoms. The number of rotatable bonds is 3. The van der Waals surface area contributed by atoms with Crippen LogP contribution in [0.4, 0.5) is 0 Å². The standard InChI is InChI=1S/C11H14O.H2/c1-9(8-10(2)12)11-6-4-3-5-7-11;/h3-7,9H,8H2,1-2H3;1H/t9-;/m0./s1. The zero-order valence-corrected chi connectivity index (χ0v) is 7.58. The third-order valence-corrected chi connectivity index (χ3v) is 1.96. The second kappa shape index (κ2) is 4.05. The first-order chi connectivity index (χ1) is 5.70. The van der Waals surface area contributed by atoms with Crippen LogP contribution in [0, 0.1) is 0 Å². The molecule has 0 radical (unpaired) electrons. The fraction of sp³-hybridized carbons (Fsp3) is 0.364. The number of carbonyl (C=O) groups is 1. The fourth-order valence-corrected chi connectivity index (χ4v) is 1.33. The number of hydrogen-bond acceptors (Lipinski definition) is 1. The minimum Gasteiger partial charge on any atom is -0.300 e. The molecule has 0 spiro atoms. The van der Waals surface area contributed by atoms with E-state index >= 15 is 0 Å². The molecule has 1 aromatic carbocycles. The predicted octanol–water partition coefficient (Wildman–Crippen LogP) is 3.02. The monoisotopic (exact) mass is 164 g/mol. The van der Waals surface area contributed by atoms with Crippen LogP contribution in [0.3, 0.4) is 0 Å². The third kappa shape index (κ3) is 2.50. The molecule has 0 fully saturated rings. The van der Waals surface area contributed by atoms with Crippen molar-refractivity contribution in [3.63, 3.8) is 0 Å². The molecule has 1 atom stereocenters. The Bertz CT molecular complexity index is 256. The molecule has 0 aliphatic heterocycles. The molecule has 0 N–H and O–H groups in total. The molecule has 0 aliphatic carbocycles. The molecule has 1 rings (SSSR count). The van der Waals surface area contributed by atoms with E-state index in [1.54, 1.807) is 6.92 Å². The van der Waals surface area contributed by atoms with Crippen LogP contribution in [0.1, 0.15) is 33.2 Å². The van der Waals surface area contributed by atoms with Gasteiger partial charge in [0.25, 0.3) is 0 Å². The van der Waals surface area contributed by atoms with Crippen molar-refractivity contribution in [1.29, 1.82) is 0 Å². The summed E-state index contributed by atoms with van der Waals surface area (Å²) in [6.07, 6.45) is 0.643. The van der Waals surface area contributed by atoms with E-state index in [9.17, 15) is 4.79 Å². The van der Waals surface area contributed by atoms with Gasteiger partial charge in [-0.05, 0) is 18.4 Å². The Morgan fingerprint density at radius 1 is 1.42 bits per heavy atom. The quantitative estimate of drug-likeness (QED) is 0.671. The van der Waals surface area contributed by atoms with Gasteiger partial charge in [-0.25, -0.2) is 0 Å². The van der Waals surface area contributed by atoms with E-state index in [1.165, 1.54) is 5.56 Å². The van der Waals surface area contributed by atoms with Crippen molar-refractivity contribution >= 4 is 5.78 Å². The molecule has 0 bridgehead atoms. The highest BCUT2D eigenvalue weighted by Crippen LogP contribution is 2.18. The van der Waals surface area contributed by atoms with Gasteiger partial charge in [-0.15, -0.1) is 0 Å². The van der Waals surface area contributed by atoms with Gasteiger partial charge in [-0.3, -0.25) is 0 Å². The molecule has 0 aromatic heterocycles. The van der Waals surface area contributed by atoms with Gasteiger partial charge in [0.15, 0.2) is 0 Å². The summed E-state index contributed by atoms with van der Waals surface area (Å²) in [7, 11) is 0. The van der Waals surface area contributed by atoms with Crippen LogP contribution in [-0.4, -0.2) is 5.78 Å². The first kappa shape index (κ1) is 8.98. The topological polar surface area (TPSA) is 17.1 Å². The van der Waals surface area contributed by atoms with Gasteiger partial charge in [0.1, 0.15) is 5.78 Å². The lowest BCUT2D eigenvalue weighted by Crippen LogP contribution is -1.99. The maximum absolute atomic E-state index is 10.8. The molecule has 12 heavy (non-hydrogen) atoms. The lowest BCUT2D eigenvalue weighted by molar-refractivity contribution is -0.117. The highest BCUT2D eigenvalue weighted by atomic mass is 16.1. The summed E-state index contributed by atoms with van der Waals surface area (Å²) in [5.74, 6) is 0.607. The maximum Gasteiger partial charge on any atom is 0.130 e. The number of ketones is 1. The molecule has 1 nitrogen and oxygen atoms in total. The van der Waals surface area contributed by atoms with Crippen molar-refractivity contribution in [2.45, 2.75) is 26.2 Å². The van der Waals surface area contributed by atoms with Crippen LogP contribution in [0.25, 0.3) is 0 Å². The van der Waals surface area contributed by atoms with Crippen LogP contribution >= 0.6 is 0 Å². The van der Waals surface area contributed by atoms with Crippen LogP contribution in [0.5, 0.6) is 0 Å². The van der Waals surface area contributed by atoms with Crippen LogP contribution in [0.2, 0.25) is 0 Å². The summed E-state index contributed by atoms with van der Waals surface area (Å²) in [6, 6.07) is 10.1. The molecule has 1 aromatic rings. The Kier molecular flexibility index (Phi) is 3.03. The number of Topliss-reactive ketones (excluding diaryl/α,β-unsaturated/α-hetero) is 1. The third-order valence-electron chi connectivity index (χ3n) is 1.96. The summed E-state index contributed by atoms with van der Waals surface area (Å²) >= 11 is 0. The minimum absolute atomic E-state index is 0. The van der Waals surface area contributed by atoms with Crippen molar-refractivity contribution in [2.75, 3.05) is 0 Å². The van der Waals surface area contributed by atoms with Crippen LogP contribution in [0.15, 0.2) is 30.3 Å². The van der Waals surface area contributed by atoms with Crippen LogP contribution < -0.4 is 0 Å². The molecule has 0 amide bonds. The Morgan fingerprint density at radius 2 is 2.00 bits per heavy atom. The van der Waals surface area contributed by atoms with Crippen molar-refractivity contribution in [1.82, 2.24) is 0 Å². The van der Waals surface area contributed by atoms with E-state index in [0.717, 1.165) is 0 Å². The highest BCUT2D eigenvalue weighted by molar-refractivity contribution is 5.76. The van der Waals surface area contributed by atoms with E-state index in [4.69, 9.17) is 0 Å². The van der Waals surface area contributed by atoms with Gasteiger partial charge >= 0.3 is 0 Å². The summed E-state index contributed by atoms with van der Waals surface area (Å²) < 4.78 is 0. The zero-order chi connectivity index (χ0) is 8.97. The maximum atomic E-state index is 10.8. The van der Waals surface area contributed by atoms with Gasteiger partial charge in [0.2, 0.25) is 0 Å². The Labute approximate surface area is 74.9 Å². The van der Waals surface area contributed by atoms with Crippen molar-refractivity contribution < 1.29 is 6.22 Å². The molecule has 0 heterocycles. The Morgan fingerprint density at radius 3 is 2.50 bits per heavy atom. The van der Waals surface area contributed by atoms with Gasteiger partial charge in [0, 0.05) is 7.85 Å². The molecule has 0 aliphatic rings. The Hall–Kier alpha value is -1.11. The van der Waals surface area contributed by atoms with Gasteiger partial charge in [0.05, 0.1) is 0 Å². The average Bonchev–Trinajstić information content (AvgIpc) is 2.05. The molecular formula is C11H16O. The summed E-state index contributed by atoms with van der Waals surface area (Å²) in [4.78, 5) is 10.8. The Balaban J connectivity index is 0.00000144. The second-order valence-corrected chi connectivity index (χ2v) is 3.22. The normalized spacial score (nSPS) is 12.5. The molecular weight excluding hydrogens is 148 g/mol. The molecule has 0 saturated heterocycles. The largest absolute Gasteiger partial charge is 0.300 e. The van der Waals surface area contributed by atoms with E-state index < -0.39 is 0 Å². The summed E-state index contributed by atoms with van der Waals surface area (Å²) in [6.45, 7) is 3.72. The molecule has 0 unspecified atom stereocenters. The van der Waals surface area contributed by atoms with E-state index in [0.29, 0.717) is 12.3 Å². The van der Waals surface area contributed by atoms with Gasteiger partial charge < -0.3 is 4.79 Å². The zero-order valence-electron chi connectivity index (χ0n) is 7.58. The fourth-order valence-electron chi connectivity index (χ4n) is 1.33. The highest BCUT2D eigenvalue weighted by Gasteiger charge is 2.06. The van der Waals surface area contributed by atoms with E-state index in [2.05, 4.69) is 19.1 Å². The van der Waals surface area contributed by atoms with Crippen molar-refractivity contribution in [3.05, 3.63) is 35.9 Å². The molecule has 66 valence electrons. The van der Waals surface area contributed by atoms with E-state index in [-0.39, 0.29) is 7.21 Å². The average molecular weight is 164 g/mol. The second-order valence-electron chi connectivity index (χ2n) is 3.22. The first-order valence-electron chi connectivity index (χ1n) is 4.24. The van der Waals surface area contributed by atoms with Gasteiger partial charge in [-0.2, -0.15) is 0 Å². The van der Waals surface area contributed by atoms with E-state index in [1.807, 2.05) is 18.2 Å². The summed E-state index contributed by atoms with van der Waals surface area (Å²) in [5, 5.41) is 0. The van der Waals surface area contributed by atoms with Crippen molar-refractivity contribution in [2.24, 2.45) is 0 Å². The minimum atomic E-state index is 0. The lowest BCUT2D eigenvalue weighted by Gasteiger charge is -2.08. The number of hydrogen-bond donors (Lipinski definition) is 0. The SMILES string of the molecule is CC(=O)C[C@H](C)c1ccccc1.[HH]. The number of benzene rings is 1. The lowest BCUT2D eigenvalue weighted by atomic mass is 9.96. The smallest absolute Gasteiger partial charge is 0.130 e. The van der Waals surface area contributed by atoms with Gasteiger partial charge in [-0.1, -0.05) is 37.3 Å². The predicted molar refractivity (Wildman–Crippen MR) is 52.3 cm³/mol. The van der Waals surface area contributed by atoms with Crippen LogP contribution in [-0.2, 0) is 4.79 Å². The molecule has 0 saturated carbocycles. The first-order valence-corrected chi connectivity index (χ1v) is 4.24. The summed E-state index contributed by atoms with van der Waals surface area (Å²) in [5.41, 5.74) is 1.24.